The van der Waals surface area contributed by atoms with Crippen molar-refractivity contribution >= 4 is 76.3 Å². The molecule has 20 nitrogen and oxygen atoms in total. The summed E-state index contributed by atoms with van der Waals surface area (Å²) in [5, 5.41) is 12.4. The summed E-state index contributed by atoms with van der Waals surface area (Å²) in [5.74, 6) is 4.01. The maximum absolute atomic E-state index is 12.5. The summed E-state index contributed by atoms with van der Waals surface area (Å²) in [6.07, 6.45) is -4.38. The molecule has 0 aliphatic heterocycles. The summed E-state index contributed by atoms with van der Waals surface area (Å²) in [6.45, 7) is 5.68. The van der Waals surface area contributed by atoms with E-state index in [4.69, 9.17) is 24.8 Å². The number of amides is 1. The zero-order valence-corrected chi connectivity index (χ0v) is 34.0. The lowest BCUT2D eigenvalue weighted by Gasteiger charge is -2.04. The molecule has 0 aliphatic carbocycles. The SMILES string of the molecule is CC(=O)CNc1ccc(S(=O)(=O)O)cc1.CC(=O)Cl.CC(=O)NCc1ccc(S(=O)(=O)F)cc1.CC(=O)O.Fc1nc(F)nc(F)n1.NNc1ccc(S(=O)(=O)O)cc1. The summed E-state index contributed by atoms with van der Waals surface area (Å²) in [6, 6.07) is 16.1. The normalized spacial score (nSPS) is 10.2. The highest BCUT2D eigenvalue weighted by molar-refractivity contribution is 7.86. The first kappa shape index (κ1) is 55.4. The van der Waals surface area contributed by atoms with E-state index in [1.807, 2.05) is 0 Å². The minimum atomic E-state index is -4.64. The van der Waals surface area contributed by atoms with Gasteiger partial charge >= 0.3 is 28.5 Å². The first-order valence-corrected chi connectivity index (χ1v) is 19.8. The fourth-order valence-electron chi connectivity index (χ4n) is 2.99. The van der Waals surface area contributed by atoms with Crippen LogP contribution in [0.2, 0.25) is 0 Å². The second kappa shape index (κ2) is 27.1. The van der Waals surface area contributed by atoms with E-state index in [0.29, 0.717) is 23.5 Å². The van der Waals surface area contributed by atoms with Crippen LogP contribution in [0, 0.1) is 18.2 Å². The lowest BCUT2D eigenvalue weighted by molar-refractivity contribution is -0.134. The van der Waals surface area contributed by atoms with Gasteiger partial charge in [-0.15, -0.1) is 3.89 Å². The number of carboxylic acids is 1. The standard InChI is InChI=1S/C9H10FNO3S.C9H11NO4S.C6H8N2O3S.C3F3N3.C2H3ClO.C2H4O2/c1-7(12)11-6-8-2-4-9(5-3-8)15(10,13)14;1-7(11)6-10-8-2-4-9(5-3-8)15(12,13)14;7-8-5-1-3-6(4-2-5)12(9,10)11;4-1-7-2(5)9-3(6)8-1;2*1-2(3)4/h2-5H,6H2,1H3,(H,11,12);2-5,10H,6H2,1H3,(H,12,13,14);1-4,8H,7H2,(H,9,10,11);;1H3;1H3,(H,3,4). The van der Waals surface area contributed by atoms with Crippen molar-refractivity contribution in [2.24, 2.45) is 5.84 Å². The third-order valence-electron chi connectivity index (χ3n) is 5.31. The predicted molar refractivity (Wildman–Crippen MR) is 201 cm³/mol. The van der Waals surface area contributed by atoms with E-state index < -0.39 is 54.7 Å². The number of ketones is 1. The number of halogens is 5. The molecule has 0 aliphatic rings. The molecule has 3 aromatic carbocycles. The molecule has 1 heterocycles. The third-order valence-corrected chi connectivity index (χ3v) is 7.88. The number of nitrogens with one attached hydrogen (secondary N) is 3. The van der Waals surface area contributed by atoms with Crippen LogP contribution in [0.25, 0.3) is 0 Å². The number of hydrogen-bond donors (Lipinski definition) is 7. The van der Waals surface area contributed by atoms with Crippen molar-refractivity contribution < 1.29 is 75.7 Å². The third kappa shape index (κ3) is 30.1. The number of carboxylic acid groups (broad SMARTS) is 1. The number of nitrogens with zero attached hydrogens (tertiary/aromatic N) is 3. The molecule has 1 aromatic heterocycles. The molecular formula is C31H36ClF4N7O13S3. The van der Waals surface area contributed by atoms with Gasteiger partial charge in [0.05, 0.1) is 21.2 Å². The highest BCUT2D eigenvalue weighted by atomic mass is 35.5. The van der Waals surface area contributed by atoms with Crippen LogP contribution in [0.4, 0.5) is 28.4 Å². The number of carbonyl (C=O) groups is 4. The molecule has 0 atom stereocenters. The number of aromatic nitrogens is 3. The van der Waals surface area contributed by atoms with E-state index >= 15 is 0 Å². The maximum atomic E-state index is 12.5. The molecule has 28 heteroatoms. The number of hydrazine groups is 1. The quantitative estimate of drug-likeness (QED) is 0.0416. The van der Waals surface area contributed by atoms with Crippen molar-refractivity contribution in [3.8, 4) is 0 Å². The molecular weight excluding hydrogens is 886 g/mol. The summed E-state index contributed by atoms with van der Waals surface area (Å²) in [5.41, 5.74) is 4.23. The zero-order valence-electron chi connectivity index (χ0n) is 30.8. The maximum Gasteiger partial charge on any atom is 0.332 e. The van der Waals surface area contributed by atoms with Gasteiger partial charge in [0.15, 0.2) is 0 Å². The van der Waals surface area contributed by atoms with Crippen LogP contribution in [0.5, 0.6) is 0 Å². The minimum absolute atomic E-state index is 0.0196. The number of rotatable bonds is 9. The van der Waals surface area contributed by atoms with Gasteiger partial charge in [-0.3, -0.25) is 34.1 Å². The first-order valence-electron chi connectivity index (χ1n) is 15.2. The van der Waals surface area contributed by atoms with Crippen LogP contribution in [0.1, 0.15) is 33.3 Å². The average molecular weight is 922 g/mol. The van der Waals surface area contributed by atoms with Crippen molar-refractivity contribution in [2.45, 2.75) is 48.9 Å². The van der Waals surface area contributed by atoms with Gasteiger partial charge in [0.2, 0.25) is 11.1 Å². The molecule has 0 spiro atoms. The molecule has 4 aromatic rings. The fraction of sp³-hybridized carbons (Fsp3) is 0.194. The lowest BCUT2D eigenvalue weighted by atomic mass is 10.2. The van der Waals surface area contributed by atoms with Gasteiger partial charge in [-0.25, -0.2) is 0 Å². The van der Waals surface area contributed by atoms with Crippen LogP contribution in [-0.4, -0.2) is 83.9 Å². The van der Waals surface area contributed by atoms with Crippen molar-refractivity contribution in [1.29, 1.82) is 0 Å². The smallest absolute Gasteiger partial charge is 0.332 e. The Morgan fingerprint density at radius 1 is 0.661 bits per heavy atom. The number of anilines is 2. The molecule has 326 valence electrons. The van der Waals surface area contributed by atoms with E-state index in [2.05, 4.69) is 42.6 Å². The van der Waals surface area contributed by atoms with Gasteiger partial charge in [0, 0.05) is 38.7 Å². The lowest BCUT2D eigenvalue weighted by Crippen LogP contribution is -2.18. The van der Waals surface area contributed by atoms with Gasteiger partial charge in [0.25, 0.3) is 26.2 Å². The summed E-state index contributed by atoms with van der Waals surface area (Å²) < 4.78 is 128. The fourth-order valence-corrected chi connectivity index (χ4v) is 4.42. The Morgan fingerprint density at radius 3 is 1.25 bits per heavy atom. The van der Waals surface area contributed by atoms with E-state index in [1.165, 1.54) is 81.4 Å². The number of benzene rings is 3. The molecule has 0 saturated heterocycles. The Labute approximate surface area is 339 Å². The second-order valence-corrected chi connectivity index (χ2v) is 15.0. The number of hydrogen-bond acceptors (Lipinski definition) is 16. The van der Waals surface area contributed by atoms with Crippen LogP contribution >= 0.6 is 11.6 Å². The van der Waals surface area contributed by atoms with E-state index in [1.54, 1.807) is 0 Å². The van der Waals surface area contributed by atoms with Crippen LogP contribution in [0.3, 0.4) is 0 Å². The van der Waals surface area contributed by atoms with E-state index in [9.17, 15) is 56.7 Å². The van der Waals surface area contributed by atoms with Crippen molar-refractivity contribution in [3.63, 3.8) is 0 Å². The predicted octanol–water partition coefficient (Wildman–Crippen LogP) is 3.29. The molecule has 59 heavy (non-hydrogen) atoms. The number of aliphatic carboxylic acids is 1. The summed E-state index contributed by atoms with van der Waals surface area (Å²) in [7, 11) is -12.9. The van der Waals surface area contributed by atoms with Crippen molar-refractivity contribution in [3.05, 3.63) is 96.6 Å². The van der Waals surface area contributed by atoms with Gasteiger partial charge in [0.1, 0.15) is 5.78 Å². The highest BCUT2D eigenvalue weighted by Gasteiger charge is 2.11. The molecule has 4 rings (SSSR count). The van der Waals surface area contributed by atoms with Crippen molar-refractivity contribution in [2.75, 3.05) is 17.3 Å². The molecule has 0 saturated carbocycles. The Balaban J connectivity index is 0. The molecule has 1 amide bonds. The van der Waals surface area contributed by atoms with Crippen LogP contribution in [-0.2, 0) is 56.2 Å². The molecule has 0 radical (unpaired) electrons. The molecule has 8 N–H and O–H groups in total. The number of carbonyl (C=O) groups excluding carboxylic acids is 3. The topological polar surface area (TPSA) is 332 Å². The average Bonchev–Trinajstić information content (AvgIpc) is 3.09. The Morgan fingerprint density at radius 2 is 0.983 bits per heavy atom. The number of nitrogen functional groups attached to an aromatic ring is 1. The summed E-state index contributed by atoms with van der Waals surface area (Å²) >= 11 is 4.64. The number of Topliss-reactive ketones (excluding diaryl/α,β-unsaturated/α-hetero) is 1. The Hall–Kier alpha value is -5.71. The first-order chi connectivity index (χ1) is 27.0. The van der Waals surface area contributed by atoms with Crippen LogP contribution < -0.4 is 21.9 Å². The van der Waals surface area contributed by atoms with Crippen LogP contribution in [0.15, 0.2) is 87.5 Å². The monoisotopic (exact) mass is 921 g/mol. The minimum Gasteiger partial charge on any atom is -0.481 e. The van der Waals surface area contributed by atoms with E-state index in [-0.39, 0.29) is 38.2 Å². The molecule has 0 unspecified atom stereocenters. The van der Waals surface area contributed by atoms with Gasteiger partial charge < -0.3 is 21.2 Å². The molecule has 0 bridgehead atoms. The van der Waals surface area contributed by atoms with E-state index in [0.717, 1.165) is 19.1 Å². The largest absolute Gasteiger partial charge is 0.481 e. The van der Waals surface area contributed by atoms with Gasteiger partial charge in [-0.2, -0.15) is 53.4 Å². The zero-order chi connectivity index (χ0) is 46.1. The molecule has 0 fully saturated rings. The van der Waals surface area contributed by atoms with Gasteiger partial charge in [-0.05, 0) is 84.8 Å². The highest BCUT2D eigenvalue weighted by Crippen LogP contribution is 2.14. The Bertz CT molecular complexity index is 2150. The summed E-state index contributed by atoms with van der Waals surface area (Å²) in [4.78, 5) is 46.0. The van der Waals surface area contributed by atoms with Crippen molar-refractivity contribution in [1.82, 2.24) is 20.3 Å². The Kier molecular flexibility index (Phi) is 25.4. The second-order valence-electron chi connectivity index (χ2n) is 10.3. The van der Waals surface area contributed by atoms with Gasteiger partial charge in [-0.1, -0.05) is 12.1 Å². The number of nitrogens with two attached hydrogens (primary N) is 1.